The van der Waals surface area contributed by atoms with Gasteiger partial charge in [-0.1, -0.05) is 23.4 Å². The summed E-state index contributed by atoms with van der Waals surface area (Å²) >= 11 is 0. The van der Waals surface area contributed by atoms with Crippen molar-refractivity contribution in [3.8, 4) is 0 Å². The molecule has 0 aliphatic heterocycles. The van der Waals surface area contributed by atoms with E-state index in [9.17, 15) is 4.79 Å². The van der Waals surface area contributed by atoms with Crippen molar-refractivity contribution >= 4 is 11.6 Å². The van der Waals surface area contributed by atoms with E-state index in [-0.39, 0.29) is 5.91 Å². The van der Waals surface area contributed by atoms with Crippen molar-refractivity contribution in [3.05, 3.63) is 41.7 Å². The smallest absolute Gasteiger partial charge is 0.280 e. The highest BCUT2D eigenvalue weighted by Crippen LogP contribution is 2.20. The Balaban J connectivity index is 2.27. The molecule has 0 fully saturated rings. The molecule has 0 atom stereocenters. The van der Waals surface area contributed by atoms with E-state index in [1.54, 1.807) is 15.8 Å². The van der Waals surface area contributed by atoms with Crippen molar-refractivity contribution in [1.29, 1.82) is 0 Å². The minimum Gasteiger partial charge on any atom is -0.329 e. The summed E-state index contributed by atoms with van der Waals surface area (Å²) in [4.78, 5) is 14.2. The van der Waals surface area contributed by atoms with Gasteiger partial charge >= 0.3 is 0 Å². The lowest BCUT2D eigenvalue weighted by Crippen LogP contribution is -2.31. The molecule has 0 unspecified atom stereocenters. The Morgan fingerprint density at radius 1 is 1.40 bits per heavy atom. The summed E-state index contributed by atoms with van der Waals surface area (Å²) in [7, 11) is 0. The summed E-state index contributed by atoms with van der Waals surface area (Å²) in [6, 6.07) is 7.79. The van der Waals surface area contributed by atoms with E-state index in [0.717, 1.165) is 11.3 Å². The van der Waals surface area contributed by atoms with Gasteiger partial charge in [0.1, 0.15) is 0 Å². The molecule has 2 N–H and O–H groups in total. The predicted molar refractivity (Wildman–Crippen MR) is 77.6 cm³/mol. The second-order valence-corrected chi connectivity index (χ2v) is 4.49. The summed E-state index contributed by atoms with van der Waals surface area (Å²) < 4.78 is 1.58. The minimum absolute atomic E-state index is 0.148. The fourth-order valence-electron chi connectivity index (χ4n) is 2.07. The van der Waals surface area contributed by atoms with Gasteiger partial charge in [-0.3, -0.25) is 9.48 Å². The zero-order valence-corrected chi connectivity index (χ0v) is 11.8. The SMILES string of the molecule is CCN(C(=O)c1cn(CCN)nn1)c1ccccc1C. The van der Waals surface area contributed by atoms with E-state index in [1.807, 2.05) is 38.1 Å². The van der Waals surface area contributed by atoms with Gasteiger partial charge < -0.3 is 10.6 Å². The molecule has 20 heavy (non-hydrogen) atoms. The van der Waals surface area contributed by atoms with Crippen molar-refractivity contribution in [2.24, 2.45) is 5.73 Å². The molecule has 0 radical (unpaired) electrons. The van der Waals surface area contributed by atoms with Gasteiger partial charge in [0, 0.05) is 18.8 Å². The van der Waals surface area contributed by atoms with E-state index in [2.05, 4.69) is 10.3 Å². The molecule has 6 nitrogen and oxygen atoms in total. The Labute approximate surface area is 118 Å². The van der Waals surface area contributed by atoms with Crippen LogP contribution in [0.15, 0.2) is 30.5 Å². The van der Waals surface area contributed by atoms with Gasteiger partial charge in [0.15, 0.2) is 5.69 Å². The van der Waals surface area contributed by atoms with Gasteiger partial charge in [0.2, 0.25) is 0 Å². The minimum atomic E-state index is -0.148. The van der Waals surface area contributed by atoms with Crippen LogP contribution in [-0.2, 0) is 6.54 Å². The second-order valence-electron chi connectivity index (χ2n) is 4.49. The number of para-hydroxylation sites is 1. The number of hydrogen-bond donors (Lipinski definition) is 1. The van der Waals surface area contributed by atoms with E-state index in [4.69, 9.17) is 5.73 Å². The number of benzene rings is 1. The molecule has 2 rings (SSSR count). The summed E-state index contributed by atoms with van der Waals surface area (Å²) in [5.74, 6) is -0.148. The second kappa shape index (κ2) is 6.29. The molecule has 1 aromatic heterocycles. The molecule has 1 amide bonds. The Morgan fingerprint density at radius 2 is 2.15 bits per heavy atom. The third kappa shape index (κ3) is 2.85. The quantitative estimate of drug-likeness (QED) is 0.888. The monoisotopic (exact) mass is 273 g/mol. The number of nitrogens with zero attached hydrogens (tertiary/aromatic N) is 4. The fourth-order valence-corrected chi connectivity index (χ4v) is 2.07. The van der Waals surface area contributed by atoms with Gasteiger partial charge in [-0.15, -0.1) is 5.10 Å². The van der Waals surface area contributed by atoms with Gasteiger partial charge in [0.25, 0.3) is 5.91 Å². The van der Waals surface area contributed by atoms with Crippen LogP contribution in [0.1, 0.15) is 23.0 Å². The van der Waals surface area contributed by atoms with Crippen molar-refractivity contribution in [2.75, 3.05) is 18.0 Å². The van der Waals surface area contributed by atoms with Crippen LogP contribution in [-0.4, -0.2) is 34.0 Å². The average molecular weight is 273 g/mol. The highest BCUT2D eigenvalue weighted by molar-refractivity contribution is 6.04. The van der Waals surface area contributed by atoms with Gasteiger partial charge in [-0.25, -0.2) is 0 Å². The first-order valence-corrected chi connectivity index (χ1v) is 6.65. The molecule has 0 spiro atoms. The number of amides is 1. The molecule has 0 saturated carbocycles. The molecular formula is C14H19N5O. The number of carbonyl (C=O) groups excluding carboxylic acids is 1. The van der Waals surface area contributed by atoms with Gasteiger partial charge in [-0.2, -0.15) is 0 Å². The van der Waals surface area contributed by atoms with Crippen LogP contribution in [0.2, 0.25) is 0 Å². The molecule has 0 saturated heterocycles. The van der Waals surface area contributed by atoms with E-state index in [0.29, 0.717) is 25.3 Å². The number of nitrogens with two attached hydrogens (primary N) is 1. The van der Waals surface area contributed by atoms with Gasteiger partial charge in [-0.05, 0) is 25.5 Å². The van der Waals surface area contributed by atoms with Crippen LogP contribution in [0.25, 0.3) is 0 Å². The first-order valence-electron chi connectivity index (χ1n) is 6.65. The largest absolute Gasteiger partial charge is 0.329 e. The van der Waals surface area contributed by atoms with Crippen LogP contribution in [0.3, 0.4) is 0 Å². The topological polar surface area (TPSA) is 77.0 Å². The molecule has 2 aromatic rings. The van der Waals surface area contributed by atoms with Crippen LogP contribution in [0.4, 0.5) is 5.69 Å². The maximum Gasteiger partial charge on any atom is 0.280 e. The van der Waals surface area contributed by atoms with Crippen molar-refractivity contribution in [2.45, 2.75) is 20.4 Å². The maximum atomic E-state index is 12.5. The first kappa shape index (κ1) is 14.2. The van der Waals surface area contributed by atoms with Crippen molar-refractivity contribution < 1.29 is 4.79 Å². The number of anilines is 1. The van der Waals surface area contributed by atoms with Crippen molar-refractivity contribution in [1.82, 2.24) is 15.0 Å². The zero-order chi connectivity index (χ0) is 14.5. The number of hydrogen-bond acceptors (Lipinski definition) is 4. The number of carbonyl (C=O) groups is 1. The van der Waals surface area contributed by atoms with Crippen LogP contribution in [0, 0.1) is 6.92 Å². The Morgan fingerprint density at radius 3 is 2.80 bits per heavy atom. The molecule has 6 heteroatoms. The third-order valence-corrected chi connectivity index (χ3v) is 3.08. The summed E-state index contributed by atoms with van der Waals surface area (Å²) in [6.45, 7) is 5.52. The molecule has 0 aliphatic carbocycles. The Hall–Kier alpha value is -2.21. The maximum absolute atomic E-state index is 12.5. The summed E-state index contributed by atoms with van der Waals surface area (Å²) in [6.07, 6.45) is 1.64. The molecular weight excluding hydrogens is 254 g/mol. The lowest BCUT2D eigenvalue weighted by Gasteiger charge is -2.21. The normalized spacial score (nSPS) is 10.6. The number of aryl methyl sites for hydroxylation is 1. The van der Waals surface area contributed by atoms with Crippen LogP contribution in [0.5, 0.6) is 0 Å². The number of aromatic nitrogens is 3. The third-order valence-electron chi connectivity index (χ3n) is 3.08. The lowest BCUT2D eigenvalue weighted by molar-refractivity contribution is 0.0983. The highest BCUT2D eigenvalue weighted by atomic mass is 16.2. The fraction of sp³-hybridized carbons (Fsp3) is 0.357. The molecule has 1 aromatic carbocycles. The Kier molecular flexibility index (Phi) is 4.47. The Bertz CT molecular complexity index is 593. The standard InChI is InChI=1S/C14H19N5O/c1-3-19(13-7-5-4-6-11(13)2)14(20)12-10-18(9-8-15)17-16-12/h4-7,10H,3,8-9,15H2,1-2H3. The van der Waals surface area contributed by atoms with Crippen LogP contribution >= 0.6 is 0 Å². The molecule has 0 bridgehead atoms. The molecule has 1 heterocycles. The van der Waals surface area contributed by atoms with Crippen LogP contribution < -0.4 is 10.6 Å². The summed E-state index contributed by atoms with van der Waals surface area (Å²) in [5.41, 5.74) is 7.74. The van der Waals surface area contributed by atoms with E-state index < -0.39 is 0 Å². The molecule has 0 aliphatic rings. The van der Waals surface area contributed by atoms with Gasteiger partial charge in [0.05, 0.1) is 12.7 Å². The zero-order valence-electron chi connectivity index (χ0n) is 11.8. The highest BCUT2D eigenvalue weighted by Gasteiger charge is 2.20. The summed E-state index contributed by atoms with van der Waals surface area (Å²) in [5, 5.41) is 7.82. The van der Waals surface area contributed by atoms with E-state index in [1.165, 1.54) is 0 Å². The predicted octanol–water partition coefficient (Wildman–Crippen LogP) is 1.21. The van der Waals surface area contributed by atoms with Crippen molar-refractivity contribution in [3.63, 3.8) is 0 Å². The number of rotatable bonds is 5. The van der Waals surface area contributed by atoms with E-state index >= 15 is 0 Å². The average Bonchev–Trinajstić information content (AvgIpc) is 2.90. The molecule has 106 valence electrons. The lowest BCUT2D eigenvalue weighted by atomic mass is 10.1. The first-order chi connectivity index (χ1) is 9.67.